The van der Waals surface area contributed by atoms with E-state index in [1.165, 1.54) is 0 Å². The molecule has 0 amide bonds. The quantitative estimate of drug-likeness (QED) is 0.643. The Morgan fingerprint density at radius 3 is 2.50 bits per heavy atom. The highest BCUT2D eigenvalue weighted by Gasteiger charge is 2.20. The van der Waals surface area contributed by atoms with Gasteiger partial charge in [-0.2, -0.15) is 0 Å². The molecule has 0 fully saturated rings. The van der Waals surface area contributed by atoms with Gasteiger partial charge in [0.05, 0.1) is 6.61 Å². The summed E-state index contributed by atoms with van der Waals surface area (Å²) in [5.41, 5.74) is 0.754. The van der Waals surface area contributed by atoms with Gasteiger partial charge in [0.1, 0.15) is 0 Å². The first-order chi connectivity index (χ1) is 8.61. The first-order valence-corrected chi connectivity index (χ1v) is 6.81. The number of hydrogen-bond donors (Lipinski definition) is 2. The van der Waals surface area contributed by atoms with Crippen molar-refractivity contribution in [3.63, 3.8) is 0 Å². The van der Waals surface area contributed by atoms with E-state index in [2.05, 4.69) is 4.52 Å². The van der Waals surface area contributed by atoms with E-state index in [0.29, 0.717) is 0 Å². The topological polar surface area (TPSA) is 76.0 Å². The molecule has 0 heterocycles. The molecule has 18 heavy (non-hydrogen) atoms. The molecule has 0 saturated carbocycles. The van der Waals surface area contributed by atoms with E-state index in [4.69, 9.17) is 14.5 Å². The average molecular weight is 268 g/mol. The first kappa shape index (κ1) is 13.2. The zero-order valence-corrected chi connectivity index (χ0v) is 10.4. The third-order valence-corrected chi connectivity index (χ3v) is 3.33. The number of phosphoric ester groups is 1. The number of rotatable bonds is 5. The average Bonchev–Trinajstić information content (AvgIpc) is 2.36. The Morgan fingerprint density at radius 1 is 1.06 bits per heavy atom. The zero-order chi connectivity index (χ0) is 13.0. The van der Waals surface area contributed by atoms with Crippen LogP contribution in [-0.2, 0) is 20.2 Å². The van der Waals surface area contributed by atoms with Crippen molar-refractivity contribution in [3.05, 3.63) is 48.0 Å². The fourth-order valence-electron chi connectivity index (χ4n) is 1.59. The second-order valence-electron chi connectivity index (χ2n) is 3.68. The van der Waals surface area contributed by atoms with Crippen LogP contribution in [0.25, 0.3) is 10.8 Å². The zero-order valence-electron chi connectivity index (χ0n) is 9.52. The minimum atomic E-state index is -4.17. The largest absolute Gasteiger partial charge is 0.474 e. The van der Waals surface area contributed by atoms with Gasteiger partial charge in [0.2, 0.25) is 0 Å². The summed E-state index contributed by atoms with van der Waals surface area (Å²) in [6.07, 6.45) is 0. The molecular weight excluding hydrogens is 255 g/mol. The van der Waals surface area contributed by atoms with Crippen molar-refractivity contribution in [2.75, 3.05) is 6.79 Å². The minimum Gasteiger partial charge on any atom is -0.370 e. The van der Waals surface area contributed by atoms with E-state index >= 15 is 0 Å². The fraction of sp³-hybridized carbons (Fsp3) is 0.167. The van der Waals surface area contributed by atoms with Crippen molar-refractivity contribution in [1.82, 2.24) is 0 Å². The third-order valence-electron chi connectivity index (χ3n) is 2.43. The Bertz CT molecular complexity index is 583. The molecule has 2 aromatic rings. The molecule has 0 saturated heterocycles. The number of phosphoric acid groups is 1. The summed E-state index contributed by atoms with van der Waals surface area (Å²) in [4.78, 5) is 9.14. The van der Waals surface area contributed by atoms with Crippen molar-refractivity contribution >= 4 is 18.6 Å². The van der Waals surface area contributed by atoms with Crippen LogP contribution >= 0.6 is 7.82 Å². The van der Waals surface area contributed by atoms with Crippen molar-refractivity contribution < 1.29 is 23.6 Å². The number of aliphatic hydroxyl groups excluding tert-OH is 1. The van der Waals surface area contributed by atoms with Gasteiger partial charge in [0.25, 0.3) is 0 Å². The maximum absolute atomic E-state index is 11.2. The van der Waals surface area contributed by atoms with E-state index in [-0.39, 0.29) is 6.61 Å². The fourth-order valence-corrected chi connectivity index (χ4v) is 2.13. The molecule has 0 aliphatic heterocycles. The molecule has 2 rings (SSSR count). The van der Waals surface area contributed by atoms with Gasteiger partial charge in [-0.05, 0) is 22.4 Å². The van der Waals surface area contributed by atoms with E-state index < -0.39 is 14.6 Å². The van der Waals surface area contributed by atoms with Crippen molar-refractivity contribution in [1.29, 1.82) is 0 Å². The maximum atomic E-state index is 11.2. The predicted molar refractivity (Wildman–Crippen MR) is 66.7 cm³/mol. The summed E-state index contributed by atoms with van der Waals surface area (Å²) >= 11 is 0. The molecule has 1 unspecified atom stereocenters. The molecule has 1 atom stereocenters. The van der Waals surface area contributed by atoms with Gasteiger partial charge in [-0.3, -0.25) is 9.05 Å². The standard InChI is InChI=1S/C12H13O5P/c13-9-17-18(14,15)16-8-10-5-6-11-3-1-2-4-12(11)7-10/h1-7,13H,8-9H2,(H,14,15). The summed E-state index contributed by atoms with van der Waals surface area (Å²) < 4.78 is 20.1. The Balaban J connectivity index is 2.10. The van der Waals surface area contributed by atoms with Crippen molar-refractivity contribution in [3.8, 4) is 0 Å². The van der Waals surface area contributed by atoms with E-state index in [9.17, 15) is 4.57 Å². The predicted octanol–water partition coefficient (Wildman–Crippen LogP) is 2.42. The van der Waals surface area contributed by atoms with Gasteiger partial charge >= 0.3 is 7.82 Å². The summed E-state index contributed by atoms with van der Waals surface area (Å²) in [6, 6.07) is 13.4. The van der Waals surface area contributed by atoms with Crippen molar-refractivity contribution in [2.24, 2.45) is 0 Å². The minimum absolute atomic E-state index is 0.0569. The monoisotopic (exact) mass is 268 g/mol. The van der Waals surface area contributed by atoms with Crippen LogP contribution in [0.15, 0.2) is 42.5 Å². The van der Waals surface area contributed by atoms with Crippen LogP contribution in [0.5, 0.6) is 0 Å². The second kappa shape index (κ2) is 5.61. The lowest BCUT2D eigenvalue weighted by atomic mass is 10.1. The van der Waals surface area contributed by atoms with Crippen LogP contribution < -0.4 is 0 Å². The highest BCUT2D eigenvalue weighted by molar-refractivity contribution is 7.47. The Morgan fingerprint density at radius 2 is 1.78 bits per heavy atom. The summed E-state index contributed by atoms with van der Waals surface area (Å²) in [7, 11) is -4.17. The summed E-state index contributed by atoms with van der Waals surface area (Å²) in [5, 5.41) is 10.5. The molecule has 5 nitrogen and oxygen atoms in total. The highest BCUT2D eigenvalue weighted by atomic mass is 31.2. The lowest BCUT2D eigenvalue weighted by Gasteiger charge is -2.10. The molecule has 0 aromatic heterocycles. The molecule has 96 valence electrons. The Hall–Kier alpha value is -1.23. The normalized spacial score (nSPS) is 14.6. The van der Waals surface area contributed by atoms with Gasteiger partial charge in [-0.1, -0.05) is 36.4 Å². The number of aliphatic hydroxyl groups is 1. The molecule has 0 spiro atoms. The molecule has 0 bridgehead atoms. The van der Waals surface area contributed by atoms with Crippen LogP contribution in [-0.4, -0.2) is 16.8 Å². The van der Waals surface area contributed by atoms with E-state index in [0.717, 1.165) is 16.3 Å². The summed E-state index contributed by atoms with van der Waals surface area (Å²) in [6.45, 7) is -0.913. The lowest BCUT2D eigenvalue weighted by Crippen LogP contribution is -1.96. The van der Waals surface area contributed by atoms with E-state index in [1.807, 2.05) is 36.4 Å². The highest BCUT2D eigenvalue weighted by Crippen LogP contribution is 2.43. The van der Waals surface area contributed by atoms with Crippen LogP contribution in [0.3, 0.4) is 0 Å². The third kappa shape index (κ3) is 3.38. The van der Waals surface area contributed by atoms with Crippen LogP contribution in [0.1, 0.15) is 5.56 Å². The van der Waals surface area contributed by atoms with Gasteiger partial charge in [-0.25, -0.2) is 4.57 Å². The van der Waals surface area contributed by atoms with Crippen molar-refractivity contribution in [2.45, 2.75) is 6.61 Å². The van der Waals surface area contributed by atoms with Crippen LogP contribution in [0.2, 0.25) is 0 Å². The molecule has 0 aliphatic carbocycles. The SMILES string of the molecule is O=P(O)(OCO)OCc1ccc2ccccc2c1. The van der Waals surface area contributed by atoms with Gasteiger partial charge in [0, 0.05) is 0 Å². The molecule has 0 radical (unpaired) electrons. The maximum Gasteiger partial charge on any atom is 0.474 e. The Labute approximate surface area is 104 Å². The number of fused-ring (bicyclic) bond motifs is 1. The van der Waals surface area contributed by atoms with Crippen LogP contribution in [0.4, 0.5) is 0 Å². The first-order valence-electron chi connectivity index (χ1n) is 5.31. The second-order valence-corrected chi connectivity index (χ2v) is 5.14. The molecule has 2 aromatic carbocycles. The Kier molecular flexibility index (Phi) is 4.11. The number of benzene rings is 2. The number of hydrogen-bond acceptors (Lipinski definition) is 4. The molecule has 2 N–H and O–H groups in total. The van der Waals surface area contributed by atoms with Gasteiger partial charge in [-0.15, -0.1) is 0 Å². The van der Waals surface area contributed by atoms with Gasteiger partial charge < -0.3 is 10.00 Å². The molecule has 6 heteroatoms. The lowest BCUT2D eigenvalue weighted by molar-refractivity contribution is 0.0498. The van der Waals surface area contributed by atoms with Crippen LogP contribution in [0, 0.1) is 0 Å². The summed E-state index contributed by atoms with van der Waals surface area (Å²) in [5.74, 6) is 0. The molecule has 0 aliphatic rings. The van der Waals surface area contributed by atoms with Gasteiger partial charge in [0.15, 0.2) is 6.79 Å². The smallest absolute Gasteiger partial charge is 0.370 e. The molecular formula is C12H13O5P. The van der Waals surface area contributed by atoms with E-state index in [1.54, 1.807) is 6.07 Å².